The van der Waals surface area contributed by atoms with E-state index in [1.807, 2.05) is 6.08 Å². The van der Waals surface area contributed by atoms with Gasteiger partial charge >= 0.3 is 0 Å². The largest absolute Gasteiger partial charge is 0.394 e. The summed E-state index contributed by atoms with van der Waals surface area (Å²) in [5.74, 6) is -0.344. The maximum atomic E-state index is 12.3. The zero-order valence-electron chi connectivity index (χ0n) is 28.3. The van der Waals surface area contributed by atoms with E-state index in [0.29, 0.717) is 6.42 Å². The predicted octanol–water partition coefficient (Wildman–Crippen LogP) is 9.65. The Hall–Kier alpha value is -1.43. The first-order valence-corrected chi connectivity index (χ1v) is 18.3. The molecule has 0 heterocycles. The second-order valence-corrected chi connectivity index (χ2v) is 12.5. The summed E-state index contributed by atoms with van der Waals surface area (Å²) in [7, 11) is 0. The van der Waals surface area contributed by atoms with Gasteiger partial charge in [0.05, 0.1) is 31.3 Å². The summed E-state index contributed by atoms with van der Waals surface area (Å²) in [6.07, 6.45) is 39.9. The summed E-state index contributed by atoms with van der Waals surface area (Å²) >= 11 is 0. The topological polar surface area (TPSA) is 89.8 Å². The van der Waals surface area contributed by atoms with E-state index in [-0.39, 0.29) is 18.9 Å². The summed E-state index contributed by atoms with van der Waals surface area (Å²) in [5, 5.41) is 32.9. The fraction of sp³-hybridized carbons (Fsp3) is 0.816. The van der Waals surface area contributed by atoms with E-state index in [1.165, 1.54) is 109 Å². The van der Waals surface area contributed by atoms with Gasteiger partial charge in [-0.05, 0) is 57.8 Å². The molecular weight excluding hydrogens is 534 g/mol. The Morgan fingerprint density at radius 3 is 1.49 bits per heavy atom. The highest BCUT2D eigenvalue weighted by Gasteiger charge is 2.19. The monoisotopic (exact) mass is 606 g/mol. The van der Waals surface area contributed by atoms with Crippen molar-refractivity contribution < 1.29 is 20.1 Å². The van der Waals surface area contributed by atoms with Gasteiger partial charge in [0, 0.05) is 0 Å². The third-order valence-electron chi connectivity index (χ3n) is 8.15. The van der Waals surface area contributed by atoms with Crippen LogP contribution in [0.15, 0.2) is 36.5 Å². The lowest BCUT2D eigenvalue weighted by Crippen LogP contribution is -2.45. The lowest BCUT2D eigenvalue weighted by Gasteiger charge is -2.20. The fourth-order valence-electron chi connectivity index (χ4n) is 5.29. The first kappa shape index (κ1) is 41.6. The molecule has 5 nitrogen and oxygen atoms in total. The Bertz CT molecular complexity index is 675. The van der Waals surface area contributed by atoms with Crippen LogP contribution in [0.2, 0.25) is 0 Å². The summed E-state index contributed by atoms with van der Waals surface area (Å²) in [6.45, 7) is 4.16. The average Bonchev–Trinajstić information content (AvgIpc) is 3.00. The molecule has 0 spiro atoms. The molecule has 4 N–H and O–H groups in total. The molecule has 0 rings (SSSR count). The fourth-order valence-corrected chi connectivity index (χ4v) is 5.29. The summed E-state index contributed by atoms with van der Waals surface area (Å²) in [4.78, 5) is 12.3. The number of carbonyl (C=O) groups excluding carboxylic acids is 1. The summed E-state index contributed by atoms with van der Waals surface area (Å²) in [5.41, 5.74) is 0. The number of rotatable bonds is 32. The van der Waals surface area contributed by atoms with Gasteiger partial charge in [-0.25, -0.2) is 0 Å². The number of hydrogen-bond donors (Lipinski definition) is 4. The molecule has 0 aliphatic rings. The molecule has 0 saturated carbocycles. The second kappa shape index (κ2) is 33.5. The Morgan fingerprint density at radius 1 is 0.581 bits per heavy atom. The van der Waals surface area contributed by atoms with E-state index >= 15 is 0 Å². The molecule has 0 radical (unpaired) electrons. The van der Waals surface area contributed by atoms with E-state index in [9.17, 15) is 20.1 Å². The quantitative estimate of drug-likeness (QED) is 0.0454. The second-order valence-electron chi connectivity index (χ2n) is 12.5. The van der Waals surface area contributed by atoms with Crippen LogP contribution in [0.25, 0.3) is 0 Å². The van der Waals surface area contributed by atoms with Gasteiger partial charge in [0.25, 0.3) is 0 Å². The molecular formula is C38H71NO4. The van der Waals surface area contributed by atoms with Crippen molar-refractivity contribution in [2.45, 2.75) is 193 Å². The summed E-state index contributed by atoms with van der Waals surface area (Å²) in [6, 6.07) is -0.766. The van der Waals surface area contributed by atoms with Gasteiger partial charge in [-0.15, -0.1) is 0 Å². The van der Waals surface area contributed by atoms with Crippen molar-refractivity contribution in [3.05, 3.63) is 36.5 Å². The van der Waals surface area contributed by atoms with E-state index in [4.69, 9.17) is 0 Å². The molecule has 3 atom stereocenters. The van der Waals surface area contributed by atoms with Crippen LogP contribution in [0.3, 0.4) is 0 Å². The minimum atomic E-state index is -0.955. The van der Waals surface area contributed by atoms with Gasteiger partial charge in [0.1, 0.15) is 0 Å². The van der Waals surface area contributed by atoms with Crippen molar-refractivity contribution in [1.82, 2.24) is 5.32 Å². The maximum Gasteiger partial charge on any atom is 0.222 e. The summed E-state index contributed by atoms with van der Waals surface area (Å²) < 4.78 is 0. The first-order chi connectivity index (χ1) is 21.0. The van der Waals surface area contributed by atoms with Crippen molar-refractivity contribution in [3.8, 4) is 0 Å². The third kappa shape index (κ3) is 30.4. The standard InChI is InChI=1S/C38H71NO4/c1-3-5-7-9-11-13-15-16-17-18-19-20-22-24-26-28-30-32-37(42)36(34-40)39-38(43)33-35(41)31-29-27-25-23-21-14-12-10-8-6-4-2/h22-25,30,32,35-37,40-42H,3-21,26-29,31,33-34H2,1-2H3,(H,39,43)/b24-22+,25-23-,32-30+. The Kier molecular flexibility index (Phi) is 32.3. The Labute approximate surface area is 266 Å². The number of nitrogens with one attached hydrogen (secondary N) is 1. The molecule has 5 heteroatoms. The van der Waals surface area contributed by atoms with Crippen LogP contribution in [0.4, 0.5) is 0 Å². The van der Waals surface area contributed by atoms with Crippen LogP contribution < -0.4 is 5.32 Å². The molecule has 0 aromatic heterocycles. The first-order valence-electron chi connectivity index (χ1n) is 18.3. The van der Waals surface area contributed by atoms with E-state index in [1.54, 1.807) is 6.08 Å². The smallest absolute Gasteiger partial charge is 0.222 e. The third-order valence-corrected chi connectivity index (χ3v) is 8.15. The van der Waals surface area contributed by atoms with E-state index in [2.05, 4.69) is 43.5 Å². The van der Waals surface area contributed by atoms with Gasteiger partial charge in [0.15, 0.2) is 0 Å². The van der Waals surface area contributed by atoms with Gasteiger partial charge in [-0.2, -0.15) is 0 Å². The molecule has 0 fully saturated rings. The SMILES string of the molecule is CCCCCCCC/C=C\CCCC(O)CC(=O)NC(CO)C(O)/C=C/CC/C=C/CCCCCCCCCCCCC. The van der Waals surface area contributed by atoms with Crippen LogP contribution >= 0.6 is 0 Å². The maximum absolute atomic E-state index is 12.3. The van der Waals surface area contributed by atoms with Crippen LogP contribution in [0, 0.1) is 0 Å². The van der Waals surface area contributed by atoms with Gasteiger partial charge < -0.3 is 20.6 Å². The van der Waals surface area contributed by atoms with E-state index < -0.39 is 18.2 Å². The molecule has 3 unspecified atom stereocenters. The van der Waals surface area contributed by atoms with Crippen molar-refractivity contribution in [2.24, 2.45) is 0 Å². The normalized spacial score (nSPS) is 14.3. The number of amides is 1. The van der Waals surface area contributed by atoms with Gasteiger partial charge in [-0.1, -0.05) is 147 Å². The van der Waals surface area contributed by atoms with Crippen LogP contribution in [-0.2, 0) is 4.79 Å². The molecule has 0 aliphatic carbocycles. The number of hydrogen-bond acceptors (Lipinski definition) is 4. The number of aliphatic hydroxyl groups excluding tert-OH is 3. The predicted molar refractivity (Wildman–Crippen MR) is 185 cm³/mol. The molecule has 1 amide bonds. The van der Waals surface area contributed by atoms with Crippen LogP contribution in [0.1, 0.15) is 174 Å². The van der Waals surface area contributed by atoms with Gasteiger partial charge in [0.2, 0.25) is 5.91 Å². The molecule has 252 valence electrons. The molecule has 0 bridgehead atoms. The highest BCUT2D eigenvalue weighted by Crippen LogP contribution is 2.13. The number of allylic oxidation sites excluding steroid dienone is 5. The average molecular weight is 606 g/mol. The Balaban J connectivity index is 3.83. The minimum Gasteiger partial charge on any atom is -0.394 e. The van der Waals surface area contributed by atoms with Crippen molar-refractivity contribution in [3.63, 3.8) is 0 Å². The van der Waals surface area contributed by atoms with Crippen LogP contribution in [-0.4, -0.2) is 46.1 Å². The highest BCUT2D eigenvalue weighted by molar-refractivity contribution is 5.76. The highest BCUT2D eigenvalue weighted by atomic mass is 16.3. The number of aliphatic hydroxyl groups is 3. The minimum absolute atomic E-state index is 0.0155. The zero-order chi connectivity index (χ0) is 31.6. The zero-order valence-corrected chi connectivity index (χ0v) is 28.3. The lowest BCUT2D eigenvalue weighted by atomic mass is 10.1. The molecule has 0 aliphatic heterocycles. The molecule has 0 aromatic rings. The van der Waals surface area contributed by atoms with Crippen molar-refractivity contribution in [1.29, 1.82) is 0 Å². The lowest BCUT2D eigenvalue weighted by molar-refractivity contribution is -0.124. The van der Waals surface area contributed by atoms with Crippen molar-refractivity contribution >= 4 is 5.91 Å². The molecule has 43 heavy (non-hydrogen) atoms. The van der Waals surface area contributed by atoms with Gasteiger partial charge in [-0.3, -0.25) is 4.79 Å². The van der Waals surface area contributed by atoms with Crippen LogP contribution in [0.5, 0.6) is 0 Å². The molecule has 0 saturated heterocycles. The van der Waals surface area contributed by atoms with E-state index in [0.717, 1.165) is 38.5 Å². The number of carbonyl (C=O) groups is 1. The van der Waals surface area contributed by atoms with Crippen molar-refractivity contribution in [2.75, 3.05) is 6.61 Å². The Morgan fingerprint density at radius 2 is 1.00 bits per heavy atom. The molecule has 0 aromatic carbocycles. The number of unbranched alkanes of at least 4 members (excludes halogenated alkanes) is 19.